The van der Waals surface area contributed by atoms with Crippen molar-refractivity contribution in [3.8, 4) is 17.2 Å². The molecule has 1 heterocycles. The molecule has 2 aromatic carbocycles. The average Bonchev–Trinajstić information content (AvgIpc) is 3.15. The average molecular weight is 424 g/mol. The van der Waals surface area contributed by atoms with Crippen molar-refractivity contribution in [2.75, 3.05) is 12.9 Å². The maximum atomic E-state index is 12.0. The fourth-order valence-corrected chi connectivity index (χ4v) is 3.22. The molecule has 0 unspecified atom stereocenters. The Morgan fingerprint density at radius 1 is 1.19 bits per heavy atom. The van der Waals surface area contributed by atoms with Gasteiger partial charge < -0.3 is 14.5 Å². The molecule has 0 radical (unpaired) electrons. The minimum Gasteiger partial charge on any atom is -0.497 e. The third kappa shape index (κ3) is 5.38. The zero-order valence-corrected chi connectivity index (χ0v) is 16.6. The Morgan fingerprint density at radius 3 is 2.67 bits per heavy atom. The summed E-state index contributed by atoms with van der Waals surface area (Å²) in [6, 6.07) is 12.4. The van der Waals surface area contributed by atoms with Gasteiger partial charge in [0.05, 0.1) is 12.9 Å². The second-order valence-corrected chi connectivity index (χ2v) is 7.17. The Bertz CT molecular complexity index is 932. The second kappa shape index (κ2) is 9.12. The van der Waals surface area contributed by atoms with E-state index in [0.717, 1.165) is 28.6 Å². The molecule has 0 atom stereocenters. The van der Waals surface area contributed by atoms with Crippen LogP contribution < -0.4 is 10.1 Å². The first-order chi connectivity index (χ1) is 13.0. The van der Waals surface area contributed by atoms with E-state index >= 15 is 0 Å². The molecule has 0 saturated carbocycles. The van der Waals surface area contributed by atoms with Crippen molar-refractivity contribution >= 4 is 40.9 Å². The predicted octanol–water partition coefficient (Wildman–Crippen LogP) is 4.46. The number of ether oxygens (including phenoxy) is 1. The number of halogens is 2. The van der Waals surface area contributed by atoms with E-state index in [-0.39, 0.29) is 11.7 Å². The van der Waals surface area contributed by atoms with E-state index in [2.05, 4.69) is 15.5 Å². The number of rotatable bonds is 7. The fourth-order valence-electron chi connectivity index (χ4n) is 2.16. The van der Waals surface area contributed by atoms with Crippen LogP contribution in [-0.4, -0.2) is 29.0 Å². The summed E-state index contributed by atoms with van der Waals surface area (Å²) in [5, 5.41) is 12.1. The molecule has 0 aliphatic heterocycles. The van der Waals surface area contributed by atoms with Crippen molar-refractivity contribution in [1.82, 2.24) is 15.5 Å². The standard InChI is InChI=1S/C18H15Cl2N3O3S/c1-25-14-6-3-11(4-7-14)17-22-23-18(26-17)27-10-16(24)21-9-12-2-5-13(19)8-15(12)20/h2-8H,9-10H2,1H3,(H,21,24). The van der Waals surface area contributed by atoms with Crippen LogP contribution in [0.5, 0.6) is 5.75 Å². The second-order valence-electron chi connectivity index (χ2n) is 5.40. The van der Waals surface area contributed by atoms with Gasteiger partial charge in [-0.1, -0.05) is 41.0 Å². The summed E-state index contributed by atoms with van der Waals surface area (Å²) < 4.78 is 10.7. The van der Waals surface area contributed by atoms with E-state index in [1.54, 1.807) is 25.3 Å². The Labute approximate surface area is 170 Å². The molecule has 1 aromatic heterocycles. The van der Waals surface area contributed by atoms with Gasteiger partial charge in [0.1, 0.15) is 5.75 Å². The molecule has 9 heteroatoms. The molecular formula is C18H15Cl2N3O3S. The molecule has 0 aliphatic rings. The largest absolute Gasteiger partial charge is 0.497 e. The first-order valence-corrected chi connectivity index (χ1v) is 9.60. The van der Waals surface area contributed by atoms with Crippen LogP contribution in [0.3, 0.4) is 0 Å². The SMILES string of the molecule is COc1ccc(-c2nnc(SCC(=O)NCc3ccc(Cl)cc3Cl)o2)cc1. The van der Waals surface area contributed by atoms with Crippen LogP contribution in [0.25, 0.3) is 11.5 Å². The molecule has 1 N–H and O–H groups in total. The number of aromatic nitrogens is 2. The molecule has 3 aromatic rings. The van der Waals surface area contributed by atoms with Crippen molar-refractivity contribution < 1.29 is 13.9 Å². The summed E-state index contributed by atoms with van der Waals surface area (Å²) in [4.78, 5) is 12.0. The number of carbonyl (C=O) groups is 1. The molecular weight excluding hydrogens is 409 g/mol. The minimum atomic E-state index is -0.171. The summed E-state index contributed by atoms with van der Waals surface area (Å²) in [7, 11) is 1.60. The number of carbonyl (C=O) groups excluding carboxylic acids is 1. The third-order valence-corrected chi connectivity index (χ3v) is 4.97. The fraction of sp³-hybridized carbons (Fsp3) is 0.167. The molecule has 0 fully saturated rings. The molecule has 6 nitrogen and oxygen atoms in total. The highest BCUT2D eigenvalue weighted by molar-refractivity contribution is 7.99. The Morgan fingerprint density at radius 2 is 1.96 bits per heavy atom. The molecule has 0 spiro atoms. The first-order valence-electron chi connectivity index (χ1n) is 7.86. The third-order valence-electron chi connectivity index (χ3n) is 3.56. The van der Waals surface area contributed by atoms with Gasteiger partial charge in [-0.3, -0.25) is 4.79 Å². The van der Waals surface area contributed by atoms with E-state index < -0.39 is 0 Å². The lowest BCUT2D eigenvalue weighted by Gasteiger charge is -2.06. The minimum absolute atomic E-state index is 0.148. The van der Waals surface area contributed by atoms with Crippen LogP contribution in [0.4, 0.5) is 0 Å². The monoisotopic (exact) mass is 423 g/mol. The number of methoxy groups -OCH3 is 1. The molecule has 0 bridgehead atoms. The van der Waals surface area contributed by atoms with E-state index in [0.29, 0.717) is 27.7 Å². The molecule has 0 aliphatic carbocycles. The van der Waals surface area contributed by atoms with Gasteiger partial charge in [-0.25, -0.2) is 0 Å². The highest BCUT2D eigenvalue weighted by Gasteiger charge is 2.12. The van der Waals surface area contributed by atoms with Crippen molar-refractivity contribution in [3.63, 3.8) is 0 Å². The summed E-state index contributed by atoms with van der Waals surface area (Å²) >= 11 is 13.1. The van der Waals surface area contributed by atoms with Crippen LogP contribution in [0, 0.1) is 0 Å². The van der Waals surface area contributed by atoms with Gasteiger partial charge in [0.2, 0.25) is 11.8 Å². The summed E-state index contributed by atoms with van der Waals surface area (Å²) in [5.74, 6) is 1.10. The van der Waals surface area contributed by atoms with Crippen LogP contribution >= 0.6 is 35.0 Å². The molecule has 140 valence electrons. The van der Waals surface area contributed by atoms with E-state index in [9.17, 15) is 4.79 Å². The van der Waals surface area contributed by atoms with E-state index in [1.165, 1.54) is 0 Å². The lowest BCUT2D eigenvalue weighted by Crippen LogP contribution is -2.24. The normalized spacial score (nSPS) is 10.6. The van der Waals surface area contributed by atoms with Crippen molar-refractivity contribution in [1.29, 1.82) is 0 Å². The zero-order chi connectivity index (χ0) is 19.2. The number of thioether (sulfide) groups is 1. The van der Waals surface area contributed by atoms with Gasteiger partial charge in [-0.15, -0.1) is 10.2 Å². The maximum Gasteiger partial charge on any atom is 0.277 e. The highest BCUT2D eigenvalue weighted by atomic mass is 35.5. The lowest BCUT2D eigenvalue weighted by molar-refractivity contribution is -0.118. The summed E-state index contributed by atoms with van der Waals surface area (Å²) in [6.07, 6.45) is 0. The highest BCUT2D eigenvalue weighted by Crippen LogP contribution is 2.25. The van der Waals surface area contributed by atoms with Crippen molar-refractivity contribution in [2.24, 2.45) is 0 Å². The zero-order valence-electron chi connectivity index (χ0n) is 14.2. The number of amides is 1. The molecule has 27 heavy (non-hydrogen) atoms. The quantitative estimate of drug-likeness (QED) is 0.565. The number of benzene rings is 2. The smallest absolute Gasteiger partial charge is 0.277 e. The van der Waals surface area contributed by atoms with Crippen LogP contribution in [-0.2, 0) is 11.3 Å². The predicted molar refractivity (Wildman–Crippen MR) is 105 cm³/mol. The van der Waals surface area contributed by atoms with E-state index in [4.69, 9.17) is 32.4 Å². The lowest BCUT2D eigenvalue weighted by atomic mass is 10.2. The van der Waals surface area contributed by atoms with Crippen LogP contribution in [0.2, 0.25) is 10.0 Å². The van der Waals surface area contributed by atoms with Crippen molar-refractivity contribution in [3.05, 3.63) is 58.1 Å². The topological polar surface area (TPSA) is 77.2 Å². The summed E-state index contributed by atoms with van der Waals surface area (Å²) in [6.45, 7) is 0.316. The van der Waals surface area contributed by atoms with Crippen molar-refractivity contribution in [2.45, 2.75) is 11.8 Å². The van der Waals surface area contributed by atoms with Crippen LogP contribution in [0.1, 0.15) is 5.56 Å². The number of nitrogens with zero attached hydrogens (tertiary/aromatic N) is 2. The Balaban J connectivity index is 1.51. The van der Waals surface area contributed by atoms with E-state index in [1.807, 2.05) is 24.3 Å². The Kier molecular flexibility index (Phi) is 6.60. The first kappa shape index (κ1) is 19.5. The number of nitrogens with one attached hydrogen (secondary N) is 1. The van der Waals surface area contributed by atoms with Crippen LogP contribution in [0.15, 0.2) is 52.1 Å². The summed E-state index contributed by atoms with van der Waals surface area (Å²) in [5.41, 5.74) is 1.57. The number of hydrogen-bond acceptors (Lipinski definition) is 6. The Hall–Kier alpha value is -2.22. The number of hydrogen-bond donors (Lipinski definition) is 1. The maximum absolute atomic E-state index is 12.0. The van der Waals surface area contributed by atoms with Gasteiger partial charge in [0.15, 0.2) is 0 Å². The molecule has 3 rings (SSSR count). The van der Waals surface area contributed by atoms with Gasteiger partial charge in [-0.05, 0) is 42.0 Å². The van der Waals surface area contributed by atoms with Gasteiger partial charge in [0, 0.05) is 22.2 Å². The molecule has 0 saturated heterocycles. The molecule has 1 amide bonds. The van der Waals surface area contributed by atoms with Gasteiger partial charge >= 0.3 is 0 Å². The van der Waals surface area contributed by atoms with Gasteiger partial charge in [-0.2, -0.15) is 0 Å². The van der Waals surface area contributed by atoms with Gasteiger partial charge in [0.25, 0.3) is 5.22 Å².